The minimum Gasteiger partial charge on any atom is -0.496 e. The second-order valence-corrected chi connectivity index (χ2v) is 3.93. The van der Waals surface area contributed by atoms with Gasteiger partial charge in [0.15, 0.2) is 0 Å². The lowest BCUT2D eigenvalue weighted by molar-refractivity contribution is 0.402. The maximum Gasteiger partial charge on any atom is 0.123 e. The average Bonchev–Trinajstić information content (AvgIpc) is 2.27. The van der Waals surface area contributed by atoms with Crippen LogP contribution < -0.4 is 10.1 Å². The molecule has 0 aromatic heterocycles. The van der Waals surface area contributed by atoms with Gasteiger partial charge in [-0.1, -0.05) is 24.1 Å². The van der Waals surface area contributed by atoms with E-state index in [1.165, 1.54) is 0 Å². The van der Waals surface area contributed by atoms with Gasteiger partial charge < -0.3 is 4.74 Å². The normalized spacial score (nSPS) is 10.8. The number of terminal acetylenes is 1. The van der Waals surface area contributed by atoms with Crippen molar-refractivity contribution in [2.75, 3.05) is 7.11 Å². The van der Waals surface area contributed by atoms with Gasteiger partial charge in [-0.05, 0) is 19.9 Å². The number of hydrogen-bond donors (Lipinski definition) is 1. The second kappa shape index (κ2) is 4.86. The smallest absolute Gasteiger partial charge is 0.123 e. The van der Waals surface area contributed by atoms with Gasteiger partial charge in [0.05, 0.1) is 12.6 Å². The Bertz CT molecular complexity index is 363. The SMILES string of the molecule is C#CC(C)(C)NCc1ccccc1OC. The number of benzene rings is 1. The van der Waals surface area contributed by atoms with Crippen LogP contribution in [0.2, 0.25) is 0 Å². The van der Waals surface area contributed by atoms with Gasteiger partial charge in [0.25, 0.3) is 0 Å². The molecular weight excluding hydrogens is 186 g/mol. The standard InChI is InChI=1S/C13H17NO/c1-5-13(2,3)14-10-11-8-6-7-9-12(11)15-4/h1,6-9,14H,10H2,2-4H3. The van der Waals surface area contributed by atoms with Crippen molar-refractivity contribution in [2.45, 2.75) is 25.9 Å². The molecule has 0 saturated carbocycles. The van der Waals surface area contributed by atoms with E-state index < -0.39 is 0 Å². The predicted octanol–water partition coefficient (Wildman–Crippen LogP) is 2.20. The van der Waals surface area contributed by atoms with Gasteiger partial charge in [-0.3, -0.25) is 5.32 Å². The molecule has 1 aromatic rings. The van der Waals surface area contributed by atoms with E-state index in [2.05, 4.69) is 11.2 Å². The van der Waals surface area contributed by atoms with Gasteiger partial charge in [0.2, 0.25) is 0 Å². The largest absolute Gasteiger partial charge is 0.496 e. The van der Waals surface area contributed by atoms with Gasteiger partial charge in [-0.25, -0.2) is 0 Å². The highest BCUT2D eigenvalue weighted by molar-refractivity contribution is 5.33. The first-order valence-corrected chi connectivity index (χ1v) is 4.94. The van der Waals surface area contributed by atoms with Crippen molar-refractivity contribution in [3.8, 4) is 18.1 Å². The molecule has 0 heterocycles. The molecule has 0 amide bonds. The number of ether oxygens (including phenoxy) is 1. The lowest BCUT2D eigenvalue weighted by Gasteiger charge is -2.20. The van der Waals surface area contributed by atoms with E-state index in [9.17, 15) is 0 Å². The minimum absolute atomic E-state index is 0.291. The fourth-order valence-electron chi connectivity index (χ4n) is 1.22. The van der Waals surface area contributed by atoms with E-state index in [0.29, 0.717) is 6.54 Å². The lowest BCUT2D eigenvalue weighted by Crippen LogP contribution is -2.36. The van der Waals surface area contributed by atoms with Gasteiger partial charge in [-0.2, -0.15) is 0 Å². The van der Waals surface area contributed by atoms with Gasteiger partial charge >= 0.3 is 0 Å². The zero-order valence-corrected chi connectivity index (χ0v) is 9.50. The fraction of sp³-hybridized carbons (Fsp3) is 0.385. The maximum absolute atomic E-state index is 5.40. The molecule has 0 radical (unpaired) electrons. The number of nitrogens with one attached hydrogen (secondary N) is 1. The third-order valence-corrected chi connectivity index (χ3v) is 2.27. The van der Waals surface area contributed by atoms with Crippen LogP contribution >= 0.6 is 0 Å². The van der Waals surface area contributed by atoms with Crippen molar-refractivity contribution in [1.29, 1.82) is 0 Å². The Hall–Kier alpha value is -1.46. The van der Waals surface area contributed by atoms with Crippen molar-refractivity contribution < 1.29 is 4.74 Å². The van der Waals surface area contributed by atoms with Gasteiger partial charge in [-0.15, -0.1) is 6.42 Å². The summed E-state index contributed by atoms with van der Waals surface area (Å²) in [6.07, 6.45) is 5.40. The highest BCUT2D eigenvalue weighted by Crippen LogP contribution is 2.17. The van der Waals surface area contributed by atoms with Gasteiger partial charge in [0, 0.05) is 12.1 Å². The third kappa shape index (κ3) is 3.30. The first-order valence-electron chi connectivity index (χ1n) is 4.94. The van der Waals surface area contributed by atoms with Crippen LogP contribution in [0.4, 0.5) is 0 Å². The maximum atomic E-state index is 5.40. The zero-order valence-electron chi connectivity index (χ0n) is 9.50. The topological polar surface area (TPSA) is 21.3 Å². The summed E-state index contributed by atoms with van der Waals surface area (Å²) >= 11 is 0. The Kier molecular flexibility index (Phi) is 3.76. The zero-order chi connectivity index (χ0) is 11.3. The van der Waals surface area contributed by atoms with E-state index in [1.807, 2.05) is 38.1 Å². The van der Waals surface area contributed by atoms with Crippen molar-refractivity contribution in [3.63, 3.8) is 0 Å². The quantitative estimate of drug-likeness (QED) is 0.757. The highest BCUT2D eigenvalue weighted by Gasteiger charge is 2.13. The van der Waals surface area contributed by atoms with Crippen LogP contribution in [-0.4, -0.2) is 12.6 Å². The highest BCUT2D eigenvalue weighted by atomic mass is 16.5. The second-order valence-electron chi connectivity index (χ2n) is 3.93. The summed E-state index contributed by atoms with van der Waals surface area (Å²) in [5.41, 5.74) is 0.823. The average molecular weight is 203 g/mol. The Morgan fingerprint density at radius 3 is 2.67 bits per heavy atom. The van der Waals surface area contributed by atoms with Crippen molar-refractivity contribution in [1.82, 2.24) is 5.32 Å². The van der Waals surface area contributed by atoms with Crippen LogP contribution in [0, 0.1) is 12.3 Å². The Labute approximate surface area is 91.6 Å². The Morgan fingerprint density at radius 1 is 1.40 bits per heavy atom. The molecule has 1 rings (SSSR count). The number of para-hydroxylation sites is 1. The molecule has 0 unspecified atom stereocenters. The lowest BCUT2D eigenvalue weighted by atomic mass is 10.1. The minimum atomic E-state index is -0.291. The molecule has 1 N–H and O–H groups in total. The molecule has 2 nitrogen and oxygen atoms in total. The van der Waals surface area contributed by atoms with Gasteiger partial charge in [0.1, 0.15) is 5.75 Å². The summed E-state index contributed by atoms with van der Waals surface area (Å²) in [5.74, 6) is 3.58. The summed E-state index contributed by atoms with van der Waals surface area (Å²) in [4.78, 5) is 0. The molecule has 0 atom stereocenters. The summed E-state index contributed by atoms with van der Waals surface area (Å²) in [7, 11) is 1.67. The first-order chi connectivity index (χ1) is 7.09. The van der Waals surface area contributed by atoms with Crippen molar-refractivity contribution in [2.24, 2.45) is 0 Å². The number of rotatable bonds is 4. The molecule has 0 spiro atoms. The number of methoxy groups -OCH3 is 1. The van der Waals surface area contributed by atoms with E-state index in [0.717, 1.165) is 11.3 Å². The molecule has 0 fully saturated rings. The molecule has 0 aliphatic rings. The Balaban J connectivity index is 2.70. The summed E-state index contributed by atoms with van der Waals surface area (Å²) in [6, 6.07) is 7.91. The molecule has 2 heteroatoms. The van der Waals surface area contributed by atoms with E-state index in [4.69, 9.17) is 11.2 Å². The molecule has 0 bridgehead atoms. The number of hydrogen-bond acceptors (Lipinski definition) is 2. The monoisotopic (exact) mass is 203 g/mol. The Morgan fingerprint density at radius 2 is 2.07 bits per heavy atom. The fourth-order valence-corrected chi connectivity index (χ4v) is 1.22. The summed E-state index contributed by atoms with van der Waals surface area (Å²) in [6.45, 7) is 4.66. The van der Waals surface area contributed by atoms with Crippen LogP contribution in [0.5, 0.6) is 5.75 Å². The first kappa shape index (κ1) is 11.6. The summed E-state index contributed by atoms with van der Waals surface area (Å²) < 4.78 is 5.25. The van der Waals surface area contributed by atoms with Crippen LogP contribution in [0.3, 0.4) is 0 Å². The van der Waals surface area contributed by atoms with Crippen LogP contribution in [-0.2, 0) is 6.54 Å². The van der Waals surface area contributed by atoms with Crippen molar-refractivity contribution in [3.05, 3.63) is 29.8 Å². The summed E-state index contributed by atoms with van der Waals surface area (Å²) in [5, 5.41) is 3.28. The molecular formula is C13H17NO. The molecule has 1 aromatic carbocycles. The third-order valence-electron chi connectivity index (χ3n) is 2.27. The molecule has 80 valence electrons. The molecule has 0 aliphatic heterocycles. The van der Waals surface area contributed by atoms with Crippen LogP contribution in [0.15, 0.2) is 24.3 Å². The van der Waals surface area contributed by atoms with E-state index >= 15 is 0 Å². The van der Waals surface area contributed by atoms with Crippen molar-refractivity contribution >= 4 is 0 Å². The van der Waals surface area contributed by atoms with Crippen LogP contribution in [0.25, 0.3) is 0 Å². The molecule has 15 heavy (non-hydrogen) atoms. The van der Waals surface area contributed by atoms with E-state index in [1.54, 1.807) is 7.11 Å². The van der Waals surface area contributed by atoms with E-state index in [-0.39, 0.29) is 5.54 Å². The van der Waals surface area contributed by atoms with Crippen LogP contribution in [0.1, 0.15) is 19.4 Å². The predicted molar refractivity (Wildman–Crippen MR) is 62.7 cm³/mol. The molecule has 0 aliphatic carbocycles. The molecule has 0 saturated heterocycles.